The van der Waals surface area contributed by atoms with E-state index >= 15 is 0 Å². The molecule has 0 amide bonds. The number of hydrogen-bond donors (Lipinski definition) is 0. The van der Waals surface area contributed by atoms with E-state index in [0.29, 0.717) is 0 Å². The van der Waals surface area contributed by atoms with Crippen molar-refractivity contribution in [1.29, 1.82) is 0 Å². The first-order chi connectivity index (χ1) is 3.46. The maximum atomic E-state index is 8.25. The Morgan fingerprint density at radius 2 is 0.571 bits per heavy atom. The molecular weight excluding hydrogens is 356 g/mol. The minimum Gasteiger partial charge on any atom is -0.412 e. The minimum absolute atomic E-state index is 0. The summed E-state index contributed by atoms with van der Waals surface area (Å²) in [7, 11) is 0. The van der Waals surface area contributed by atoms with Crippen molar-refractivity contribution in [3.05, 3.63) is 30.6 Å². The first-order valence-electron chi connectivity index (χ1n) is 1.10. The Balaban J connectivity index is -0.00000000600. The zero-order valence-electron chi connectivity index (χ0n) is 6.22. The van der Waals surface area contributed by atoms with Crippen molar-refractivity contribution < 1.29 is 86.9 Å². The van der Waals surface area contributed by atoms with Crippen LogP contribution in [0.25, 0.3) is 0 Å². The van der Waals surface area contributed by atoms with Gasteiger partial charge in [-0.1, -0.05) is 0 Å². The third-order valence-corrected chi connectivity index (χ3v) is 0. The molecule has 0 aliphatic carbocycles. The van der Waals surface area contributed by atoms with Crippen molar-refractivity contribution in [2.75, 3.05) is 0 Å². The molecule has 0 aliphatic heterocycles. The van der Waals surface area contributed by atoms with E-state index in [1.54, 1.807) is 0 Å². The summed E-state index contributed by atoms with van der Waals surface area (Å²) in [4.78, 5) is 16.5. The summed E-state index contributed by atoms with van der Waals surface area (Å²) in [6.07, 6.45) is 0. The molecule has 0 aromatic rings. The van der Waals surface area contributed by atoms with Gasteiger partial charge in [-0.2, -0.15) is 0 Å². The Morgan fingerprint density at radius 1 is 0.571 bits per heavy atom. The Kier molecular flexibility index (Phi) is 255. The predicted molar refractivity (Wildman–Crippen MR) is 38.8 cm³/mol. The average molecular weight is 366 g/mol. The van der Waals surface area contributed by atoms with Gasteiger partial charge in [-0.25, -0.2) is 0 Å². The molecular formula is H10EuN2O11. The van der Waals surface area contributed by atoms with E-state index in [4.69, 9.17) is 30.6 Å². The summed E-state index contributed by atoms with van der Waals surface area (Å²) >= 11 is 0. The van der Waals surface area contributed by atoms with Crippen LogP contribution in [0, 0.1) is 80.0 Å². The SMILES string of the molecule is O.O.O.O.O.O=[N+]([O-])[O-].O=[N+]([O-])[O-].[Eu+2]. The van der Waals surface area contributed by atoms with Crippen LogP contribution in [-0.2, 0) is 0 Å². The second-order valence-corrected chi connectivity index (χ2v) is 0.447. The fourth-order valence-electron chi connectivity index (χ4n) is 0. The Labute approximate surface area is 117 Å². The van der Waals surface area contributed by atoms with Crippen molar-refractivity contribution in [2.45, 2.75) is 0 Å². The maximum absolute atomic E-state index is 8.25. The van der Waals surface area contributed by atoms with Gasteiger partial charge < -0.3 is 58.0 Å². The molecule has 10 N–H and O–H groups in total. The van der Waals surface area contributed by atoms with Gasteiger partial charge in [0, 0.05) is 0 Å². The fourth-order valence-corrected chi connectivity index (χ4v) is 0. The molecule has 0 fully saturated rings. The molecule has 0 bridgehead atoms. The van der Waals surface area contributed by atoms with Crippen LogP contribution in [0.3, 0.4) is 0 Å². The van der Waals surface area contributed by atoms with Crippen LogP contribution in [-0.4, -0.2) is 37.6 Å². The monoisotopic (exact) mass is 367 g/mol. The second kappa shape index (κ2) is 53.1. The number of nitrogens with zero attached hydrogens (tertiary/aromatic N) is 2. The third kappa shape index (κ3) is 29500. The minimum atomic E-state index is -1.75. The zero-order valence-corrected chi connectivity index (χ0v) is 8.65. The maximum Gasteiger partial charge on any atom is 2.00 e. The van der Waals surface area contributed by atoms with Crippen molar-refractivity contribution in [3.8, 4) is 0 Å². The summed E-state index contributed by atoms with van der Waals surface area (Å²) < 4.78 is 0. The van der Waals surface area contributed by atoms with Gasteiger partial charge >= 0.3 is 49.4 Å². The summed E-state index contributed by atoms with van der Waals surface area (Å²) in [6.45, 7) is 0. The van der Waals surface area contributed by atoms with Gasteiger partial charge in [0.2, 0.25) is 0 Å². The molecule has 0 aliphatic rings. The van der Waals surface area contributed by atoms with Crippen molar-refractivity contribution in [2.24, 2.45) is 0 Å². The van der Waals surface area contributed by atoms with Crippen LogP contribution < -0.4 is 0 Å². The molecule has 0 atom stereocenters. The molecule has 14 heavy (non-hydrogen) atoms. The van der Waals surface area contributed by atoms with E-state index in [9.17, 15) is 0 Å². The van der Waals surface area contributed by atoms with Crippen LogP contribution in [0.5, 0.6) is 0 Å². The Hall–Kier alpha value is -0.216. The van der Waals surface area contributed by atoms with Crippen LogP contribution in [0.1, 0.15) is 0 Å². The van der Waals surface area contributed by atoms with Crippen molar-refractivity contribution in [3.63, 3.8) is 0 Å². The summed E-state index contributed by atoms with van der Waals surface area (Å²) in [5.74, 6) is 0. The van der Waals surface area contributed by atoms with Crippen LogP contribution in [0.4, 0.5) is 0 Å². The van der Waals surface area contributed by atoms with Gasteiger partial charge in [0.15, 0.2) is 0 Å². The quantitative estimate of drug-likeness (QED) is 0.299. The molecule has 0 rings (SSSR count). The number of hydrogen-bond acceptors (Lipinski definition) is 6. The molecule has 0 unspecified atom stereocenters. The predicted octanol–water partition coefficient (Wildman–Crippen LogP) is -4.60. The topological polar surface area (TPSA) is 290 Å². The van der Waals surface area contributed by atoms with E-state index < -0.39 is 10.2 Å². The van der Waals surface area contributed by atoms with Gasteiger partial charge in [-0.05, 0) is 0 Å². The summed E-state index contributed by atoms with van der Waals surface area (Å²) in [5, 5.41) is 29.5. The normalized spacial score (nSPS) is 3.43. The summed E-state index contributed by atoms with van der Waals surface area (Å²) in [5.41, 5.74) is 0. The molecule has 13 nitrogen and oxygen atoms in total. The fraction of sp³-hybridized carbons (Fsp3) is 0. The van der Waals surface area contributed by atoms with Gasteiger partial charge in [-0.15, -0.1) is 0 Å². The Morgan fingerprint density at radius 3 is 0.571 bits per heavy atom. The molecule has 0 spiro atoms. The number of rotatable bonds is 0. The molecule has 93 valence electrons. The van der Waals surface area contributed by atoms with Gasteiger partial charge in [0.05, 0.1) is 10.2 Å². The molecule has 0 aromatic heterocycles. The van der Waals surface area contributed by atoms with E-state index in [-0.39, 0.29) is 76.8 Å². The first kappa shape index (κ1) is 67.3. The van der Waals surface area contributed by atoms with Gasteiger partial charge in [-0.3, -0.25) is 0 Å². The molecule has 1 radical (unpaired) electrons. The van der Waals surface area contributed by atoms with Crippen LogP contribution >= 0.6 is 0 Å². The van der Waals surface area contributed by atoms with E-state index in [0.717, 1.165) is 0 Å². The molecule has 0 saturated carbocycles. The smallest absolute Gasteiger partial charge is 0.412 e. The largest absolute Gasteiger partial charge is 2.00 e. The summed E-state index contributed by atoms with van der Waals surface area (Å²) in [6, 6.07) is 0. The molecule has 0 aromatic carbocycles. The van der Waals surface area contributed by atoms with E-state index in [1.807, 2.05) is 0 Å². The van der Waals surface area contributed by atoms with E-state index in [1.165, 1.54) is 0 Å². The molecule has 14 heteroatoms. The standard InChI is InChI=1S/Eu.2NO3.5H2O/c;2*2-1(3)4;;;;;/h;;;5*1H2/q+2;2*-1;;;;;. The first-order valence-corrected chi connectivity index (χ1v) is 1.10. The average Bonchev–Trinajstić information content (AvgIpc) is 1.25. The van der Waals surface area contributed by atoms with Crippen LogP contribution in [0.15, 0.2) is 0 Å². The Bertz CT molecular complexity index is 71.3. The molecule has 0 saturated heterocycles. The zero-order chi connectivity index (χ0) is 7.15. The van der Waals surface area contributed by atoms with Crippen molar-refractivity contribution >= 4 is 0 Å². The molecule has 0 heterocycles. The second-order valence-electron chi connectivity index (χ2n) is 0.447. The van der Waals surface area contributed by atoms with Gasteiger partial charge in [0.25, 0.3) is 0 Å². The van der Waals surface area contributed by atoms with Crippen LogP contribution in [0.2, 0.25) is 0 Å². The third-order valence-electron chi connectivity index (χ3n) is 0. The van der Waals surface area contributed by atoms with Gasteiger partial charge in [0.1, 0.15) is 0 Å². The van der Waals surface area contributed by atoms with E-state index in [2.05, 4.69) is 0 Å². The van der Waals surface area contributed by atoms with Crippen molar-refractivity contribution in [1.82, 2.24) is 0 Å².